The molecule has 0 saturated carbocycles. The monoisotopic (exact) mass is 618 g/mol. The first-order valence-corrected chi connectivity index (χ1v) is 17.1. The molecule has 232 valence electrons. The van der Waals surface area contributed by atoms with Gasteiger partial charge < -0.3 is 5.32 Å². The topological polar surface area (TPSA) is 24.9 Å². The van der Waals surface area contributed by atoms with Gasteiger partial charge in [-0.3, -0.25) is 0 Å². The second-order valence-corrected chi connectivity index (χ2v) is 12.4. The molecule has 1 unspecified atom stereocenters. The maximum absolute atomic E-state index is 5.07. The molecule has 0 fully saturated rings. The van der Waals surface area contributed by atoms with E-state index < -0.39 is 0 Å². The van der Waals surface area contributed by atoms with Crippen LogP contribution < -0.4 is 5.32 Å². The second kappa shape index (κ2) is 12.8. The van der Waals surface area contributed by atoms with Crippen molar-refractivity contribution in [2.24, 2.45) is 0 Å². The molecule has 0 bridgehead atoms. The summed E-state index contributed by atoms with van der Waals surface area (Å²) in [5, 5.41) is 10.1. The predicted molar refractivity (Wildman–Crippen MR) is 206 cm³/mol. The Morgan fingerprint density at radius 1 is 0.604 bits per heavy atom. The van der Waals surface area contributed by atoms with Crippen LogP contribution >= 0.6 is 0 Å². The number of hydrogen-bond acceptors (Lipinski definition) is 2. The molecule has 7 aromatic rings. The van der Waals surface area contributed by atoms with Crippen molar-refractivity contribution >= 4 is 49.3 Å². The lowest BCUT2D eigenvalue weighted by Gasteiger charge is -2.29. The normalized spacial score (nSPS) is 15.5. The van der Waals surface area contributed by atoms with Crippen molar-refractivity contribution in [3.63, 3.8) is 0 Å². The van der Waals surface area contributed by atoms with Crippen LogP contribution in [0.15, 0.2) is 163 Å². The average Bonchev–Trinajstić information content (AvgIpc) is 3.17. The number of fused-ring (bicyclic) bond motifs is 4. The fraction of sp³-hybridized carbons (Fsp3) is 0.109. The minimum Gasteiger partial charge on any atom is -0.374 e. The molecule has 0 radical (unpaired) electrons. The van der Waals surface area contributed by atoms with Crippen LogP contribution in [-0.2, 0) is 0 Å². The van der Waals surface area contributed by atoms with E-state index in [1.165, 1.54) is 65.9 Å². The third kappa shape index (κ3) is 5.60. The zero-order chi connectivity index (χ0) is 32.5. The Hall–Kier alpha value is -5.73. The fourth-order valence-electron chi connectivity index (χ4n) is 7.08. The summed E-state index contributed by atoms with van der Waals surface area (Å²) in [4.78, 5) is 5.07. The number of pyridine rings is 1. The summed E-state index contributed by atoms with van der Waals surface area (Å²) in [5.74, 6) is 0. The molecule has 9 rings (SSSR count). The van der Waals surface area contributed by atoms with Crippen molar-refractivity contribution in [1.29, 1.82) is 0 Å². The van der Waals surface area contributed by atoms with E-state index in [9.17, 15) is 0 Å². The Bertz CT molecular complexity index is 2410. The van der Waals surface area contributed by atoms with Gasteiger partial charge in [0.05, 0.1) is 17.3 Å². The lowest BCUT2D eigenvalue weighted by atomic mass is 9.83. The van der Waals surface area contributed by atoms with Gasteiger partial charge in [-0.05, 0) is 116 Å². The summed E-state index contributed by atoms with van der Waals surface area (Å²) in [5.41, 5.74) is 12.0. The third-order valence-corrected chi connectivity index (χ3v) is 9.52. The highest BCUT2D eigenvalue weighted by Crippen LogP contribution is 2.43. The molecule has 2 aliphatic rings. The van der Waals surface area contributed by atoms with E-state index in [1.807, 2.05) is 13.8 Å². The summed E-state index contributed by atoms with van der Waals surface area (Å²) >= 11 is 0. The SMILES string of the molecule is C1=C(C2=CC(c3ccc4ccccc4c3)Nc3ccc(-c4ccc5ccccc5c4)cc32)C=C(c2ccc3ccccc3n2)CC1.CC. The number of hydrogen-bond donors (Lipinski definition) is 1. The van der Waals surface area contributed by atoms with Gasteiger partial charge in [0.1, 0.15) is 0 Å². The quantitative estimate of drug-likeness (QED) is 0.212. The molecule has 1 aliphatic carbocycles. The Labute approximate surface area is 282 Å². The fourth-order valence-corrected chi connectivity index (χ4v) is 7.08. The first-order chi connectivity index (χ1) is 23.7. The van der Waals surface area contributed by atoms with Crippen molar-refractivity contribution in [2.75, 3.05) is 5.32 Å². The van der Waals surface area contributed by atoms with Crippen molar-refractivity contribution in [1.82, 2.24) is 4.98 Å². The molecule has 1 aliphatic heterocycles. The van der Waals surface area contributed by atoms with Gasteiger partial charge in [-0.25, -0.2) is 4.98 Å². The lowest BCUT2D eigenvalue weighted by molar-refractivity contribution is 0.972. The van der Waals surface area contributed by atoms with Gasteiger partial charge in [0.25, 0.3) is 0 Å². The molecular weight excluding hydrogens is 581 g/mol. The number of nitrogens with one attached hydrogen (secondary N) is 1. The highest BCUT2D eigenvalue weighted by Gasteiger charge is 2.24. The van der Waals surface area contributed by atoms with Gasteiger partial charge in [-0.15, -0.1) is 0 Å². The van der Waals surface area contributed by atoms with Crippen LogP contribution in [0.25, 0.3) is 54.7 Å². The lowest BCUT2D eigenvalue weighted by Crippen LogP contribution is -2.15. The molecule has 6 aromatic carbocycles. The standard InChI is InChI=1S/C44H32N2.C2H6/c1-3-11-32-24-34(18-16-29(32)8-1)35-21-23-43-40(27-35)39(28-44(46-43)38-19-17-30-9-2-4-12-33(30)25-38)36-13-7-14-37(26-36)42-22-20-31-10-5-6-15-41(31)45-42;1-2/h1-6,8-13,15-28,44,46H,7,14H2;1-2H3. The van der Waals surface area contributed by atoms with E-state index in [2.05, 4.69) is 163 Å². The van der Waals surface area contributed by atoms with Gasteiger partial charge in [0.2, 0.25) is 0 Å². The second-order valence-electron chi connectivity index (χ2n) is 12.4. The van der Waals surface area contributed by atoms with E-state index in [0.717, 1.165) is 29.7 Å². The Morgan fingerprint density at radius 3 is 2.06 bits per heavy atom. The number of allylic oxidation sites excluding steroid dienone is 5. The van der Waals surface area contributed by atoms with Crippen molar-refractivity contribution in [3.05, 3.63) is 180 Å². The molecule has 1 aromatic heterocycles. The Kier molecular flexibility index (Phi) is 7.92. The smallest absolute Gasteiger partial charge is 0.0709 e. The third-order valence-electron chi connectivity index (χ3n) is 9.52. The summed E-state index contributed by atoms with van der Waals surface area (Å²) in [6.07, 6.45) is 9.18. The van der Waals surface area contributed by atoms with Crippen molar-refractivity contribution < 1.29 is 0 Å². The summed E-state index contributed by atoms with van der Waals surface area (Å²) in [6, 6.07) is 50.5. The van der Waals surface area contributed by atoms with Crippen LogP contribution in [-0.4, -0.2) is 4.98 Å². The van der Waals surface area contributed by atoms with Gasteiger partial charge in [0, 0.05) is 16.6 Å². The molecule has 0 amide bonds. The number of benzene rings is 6. The van der Waals surface area contributed by atoms with Crippen LogP contribution in [0.4, 0.5) is 5.69 Å². The Balaban J connectivity index is 0.00000165. The predicted octanol–water partition coefficient (Wildman–Crippen LogP) is 12.6. The molecular formula is C46H38N2. The number of aromatic nitrogens is 1. The highest BCUT2D eigenvalue weighted by atomic mass is 14.9. The van der Waals surface area contributed by atoms with Crippen molar-refractivity contribution in [2.45, 2.75) is 32.7 Å². The van der Waals surface area contributed by atoms with E-state index in [4.69, 9.17) is 4.98 Å². The molecule has 1 atom stereocenters. The molecule has 2 nitrogen and oxygen atoms in total. The number of para-hydroxylation sites is 1. The van der Waals surface area contributed by atoms with Gasteiger partial charge in [-0.2, -0.15) is 0 Å². The summed E-state index contributed by atoms with van der Waals surface area (Å²) in [6.45, 7) is 4.00. The van der Waals surface area contributed by atoms with E-state index in [1.54, 1.807) is 0 Å². The molecule has 0 spiro atoms. The minimum absolute atomic E-state index is 0.0529. The molecule has 1 N–H and O–H groups in total. The largest absolute Gasteiger partial charge is 0.374 e. The van der Waals surface area contributed by atoms with Gasteiger partial charge in [-0.1, -0.05) is 123 Å². The van der Waals surface area contributed by atoms with Crippen LogP contribution in [0.2, 0.25) is 0 Å². The number of rotatable bonds is 4. The van der Waals surface area contributed by atoms with Crippen LogP contribution in [0, 0.1) is 0 Å². The first-order valence-electron chi connectivity index (χ1n) is 17.1. The van der Waals surface area contributed by atoms with E-state index in [0.29, 0.717) is 0 Å². The van der Waals surface area contributed by atoms with Gasteiger partial charge >= 0.3 is 0 Å². The molecule has 2 heterocycles. The maximum atomic E-state index is 5.07. The summed E-state index contributed by atoms with van der Waals surface area (Å²) < 4.78 is 0. The number of anilines is 1. The molecule has 0 saturated heterocycles. The van der Waals surface area contributed by atoms with Crippen molar-refractivity contribution in [3.8, 4) is 11.1 Å². The highest BCUT2D eigenvalue weighted by molar-refractivity contribution is 5.96. The molecule has 2 heteroatoms. The minimum atomic E-state index is 0.0529. The average molecular weight is 619 g/mol. The van der Waals surface area contributed by atoms with Crippen LogP contribution in [0.1, 0.15) is 49.6 Å². The summed E-state index contributed by atoms with van der Waals surface area (Å²) in [7, 11) is 0. The first kappa shape index (κ1) is 29.7. The zero-order valence-corrected chi connectivity index (χ0v) is 27.4. The zero-order valence-electron chi connectivity index (χ0n) is 27.4. The molecule has 48 heavy (non-hydrogen) atoms. The van der Waals surface area contributed by atoms with E-state index in [-0.39, 0.29) is 6.04 Å². The number of nitrogens with zero attached hydrogens (tertiary/aromatic N) is 1. The van der Waals surface area contributed by atoms with Crippen LogP contribution in [0.5, 0.6) is 0 Å². The maximum Gasteiger partial charge on any atom is 0.0709 e. The van der Waals surface area contributed by atoms with Gasteiger partial charge in [0.15, 0.2) is 0 Å². The van der Waals surface area contributed by atoms with Crippen LogP contribution in [0.3, 0.4) is 0 Å². The van der Waals surface area contributed by atoms with E-state index >= 15 is 0 Å². The Morgan fingerprint density at radius 2 is 1.25 bits per heavy atom.